The van der Waals surface area contributed by atoms with Gasteiger partial charge in [0, 0.05) is 5.02 Å². The zero-order valence-electron chi connectivity index (χ0n) is 16.8. The Morgan fingerprint density at radius 2 is 1.76 bits per heavy atom. The van der Waals surface area contributed by atoms with Crippen LogP contribution in [0.1, 0.15) is 42.8 Å². The lowest BCUT2D eigenvalue weighted by Gasteiger charge is -2.36. The molecule has 1 saturated heterocycles. The summed E-state index contributed by atoms with van der Waals surface area (Å²) in [6, 6.07) is 16.1. The molecule has 7 heteroatoms. The van der Waals surface area contributed by atoms with Gasteiger partial charge in [0.2, 0.25) is 0 Å². The largest absolute Gasteiger partial charge is 0.497 e. The van der Waals surface area contributed by atoms with Gasteiger partial charge in [-0.1, -0.05) is 42.8 Å². The maximum atomic E-state index is 6.14. The normalized spacial score (nSPS) is 16.7. The minimum Gasteiger partial charge on any atom is -0.497 e. The molecule has 3 aromatic rings. The van der Waals surface area contributed by atoms with Gasteiger partial charge in [-0.3, -0.25) is 4.90 Å². The first-order chi connectivity index (χ1) is 14.1. The highest BCUT2D eigenvalue weighted by molar-refractivity contribution is 6.30. The molecule has 1 aliphatic rings. The number of tetrazole rings is 1. The molecule has 2 aromatic carbocycles. The van der Waals surface area contributed by atoms with Crippen LogP contribution in [0.25, 0.3) is 0 Å². The van der Waals surface area contributed by atoms with Crippen LogP contribution in [-0.4, -0.2) is 45.3 Å². The van der Waals surface area contributed by atoms with Crippen molar-refractivity contribution in [2.45, 2.75) is 32.4 Å². The molecule has 4 rings (SSSR count). The van der Waals surface area contributed by atoms with E-state index in [0.717, 1.165) is 46.7 Å². The number of piperidine rings is 1. The van der Waals surface area contributed by atoms with Crippen molar-refractivity contribution in [1.29, 1.82) is 0 Å². The van der Waals surface area contributed by atoms with Crippen molar-refractivity contribution in [3.8, 4) is 5.75 Å². The number of ether oxygens (including phenoxy) is 1. The van der Waals surface area contributed by atoms with Crippen molar-refractivity contribution in [2.24, 2.45) is 5.92 Å². The van der Waals surface area contributed by atoms with Crippen LogP contribution in [0.5, 0.6) is 5.75 Å². The van der Waals surface area contributed by atoms with Gasteiger partial charge in [0.05, 0.1) is 19.7 Å². The molecule has 1 atom stereocenters. The van der Waals surface area contributed by atoms with E-state index in [2.05, 4.69) is 39.5 Å². The molecule has 1 unspecified atom stereocenters. The topological polar surface area (TPSA) is 56.1 Å². The Bertz CT molecular complexity index is 917. The van der Waals surface area contributed by atoms with Gasteiger partial charge in [0.25, 0.3) is 0 Å². The molecular formula is C22H26ClN5O. The summed E-state index contributed by atoms with van der Waals surface area (Å²) in [6.45, 7) is 5.00. The smallest absolute Gasteiger partial charge is 0.173 e. The Kier molecular flexibility index (Phi) is 6.11. The van der Waals surface area contributed by atoms with E-state index in [9.17, 15) is 0 Å². The zero-order valence-corrected chi connectivity index (χ0v) is 17.6. The van der Waals surface area contributed by atoms with E-state index < -0.39 is 0 Å². The third-order valence-electron chi connectivity index (χ3n) is 5.66. The van der Waals surface area contributed by atoms with E-state index in [0.29, 0.717) is 6.54 Å². The molecule has 1 aromatic heterocycles. The van der Waals surface area contributed by atoms with E-state index in [4.69, 9.17) is 16.3 Å². The van der Waals surface area contributed by atoms with Gasteiger partial charge in [-0.2, -0.15) is 0 Å². The summed E-state index contributed by atoms with van der Waals surface area (Å²) in [5, 5.41) is 13.5. The molecule has 0 N–H and O–H groups in total. The number of hydrogen-bond acceptors (Lipinski definition) is 5. The second-order valence-corrected chi connectivity index (χ2v) is 8.15. The lowest BCUT2D eigenvalue weighted by Crippen LogP contribution is -2.38. The fourth-order valence-corrected chi connectivity index (χ4v) is 4.00. The summed E-state index contributed by atoms with van der Waals surface area (Å²) in [7, 11) is 1.67. The fraction of sp³-hybridized carbons (Fsp3) is 0.409. The molecule has 29 heavy (non-hydrogen) atoms. The van der Waals surface area contributed by atoms with Gasteiger partial charge < -0.3 is 4.74 Å². The predicted octanol–water partition coefficient (Wildman–Crippen LogP) is 4.20. The van der Waals surface area contributed by atoms with Crippen molar-refractivity contribution in [1.82, 2.24) is 25.1 Å². The van der Waals surface area contributed by atoms with Crippen molar-refractivity contribution < 1.29 is 4.74 Å². The molecule has 1 fully saturated rings. The summed E-state index contributed by atoms with van der Waals surface area (Å²) in [6.07, 6.45) is 2.37. The van der Waals surface area contributed by atoms with Crippen molar-refractivity contribution in [3.63, 3.8) is 0 Å². The first-order valence-electron chi connectivity index (χ1n) is 10.0. The number of nitrogens with zero attached hydrogens (tertiary/aromatic N) is 5. The summed E-state index contributed by atoms with van der Waals surface area (Å²) in [5.41, 5.74) is 2.29. The third-order valence-corrected chi connectivity index (χ3v) is 5.92. The van der Waals surface area contributed by atoms with Crippen molar-refractivity contribution in [3.05, 3.63) is 70.5 Å². The van der Waals surface area contributed by atoms with E-state index in [1.165, 1.54) is 12.8 Å². The van der Waals surface area contributed by atoms with Gasteiger partial charge in [-0.15, -0.1) is 5.10 Å². The number of halogens is 1. The quantitative estimate of drug-likeness (QED) is 0.608. The molecule has 0 spiro atoms. The fourth-order valence-electron chi connectivity index (χ4n) is 3.88. The summed E-state index contributed by atoms with van der Waals surface area (Å²) in [4.78, 5) is 2.49. The van der Waals surface area contributed by atoms with Crippen LogP contribution in [0.15, 0.2) is 48.5 Å². The van der Waals surface area contributed by atoms with Gasteiger partial charge in [0.15, 0.2) is 5.82 Å². The maximum absolute atomic E-state index is 6.14. The van der Waals surface area contributed by atoms with Crippen LogP contribution in [-0.2, 0) is 6.54 Å². The molecular weight excluding hydrogens is 386 g/mol. The van der Waals surface area contributed by atoms with Gasteiger partial charge in [-0.05, 0) is 77.7 Å². The van der Waals surface area contributed by atoms with E-state index in [1.54, 1.807) is 7.11 Å². The van der Waals surface area contributed by atoms with Gasteiger partial charge in [0.1, 0.15) is 5.75 Å². The van der Waals surface area contributed by atoms with E-state index >= 15 is 0 Å². The number of likely N-dealkylation sites (tertiary alicyclic amines) is 1. The predicted molar refractivity (Wildman–Crippen MR) is 113 cm³/mol. The number of aromatic nitrogens is 4. The SMILES string of the molecule is COc1ccc(Cn2nnnc2C(c2ccc(Cl)cc2)N2CCC(C)CC2)cc1. The Labute approximate surface area is 176 Å². The summed E-state index contributed by atoms with van der Waals surface area (Å²) >= 11 is 6.14. The molecule has 0 aliphatic carbocycles. The van der Waals surface area contributed by atoms with Gasteiger partial charge in [-0.25, -0.2) is 4.68 Å². The monoisotopic (exact) mass is 411 g/mol. The van der Waals surface area contributed by atoms with Crippen LogP contribution >= 0.6 is 11.6 Å². The van der Waals surface area contributed by atoms with Gasteiger partial charge >= 0.3 is 0 Å². The molecule has 0 amide bonds. The molecule has 0 radical (unpaired) electrons. The standard InChI is InChI=1S/C22H26ClN5O/c1-16-11-13-27(14-12-16)21(18-5-7-19(23)8-6-18)22-24-25-26-28(22)15-17-3-9-20(29-2)10-4-17/h3-10,16,21H,11-15H2,1-2H3. The van der Waals surface area contributed by atoms with Crippen LogP contribution in [0, 0.1) is 5.92 Å². The Hall–Kier alpha value is -2.44. The highest BCUT2D eigenvalue weighted by Gasteiger charge is 2.30. The first-order valence-corrected chi connectivity index (χ1v) is 10.4. The number of benzene rings is 2. The average molecular weight is 412 g/mol. The van der Waals surface area contributed by atoms with Crippen LogP contribution in [0.3, 0.4) is 0 Å². The molecule has 0 bridgehead atoms. The summed E-state index contributed by atoms with van der Waals surface area (Å²) < 4.78 is 7.16. The van der Waals surface area contributed by atoms with Crippen LogP contribution in [0.2, 0.25) is 5.02 Å². The lowest BCUT2D eigenvalue weighted by molar-refractivity contribution is 0.150. The zero-order chi connectivity index (χ0) is 20.2. The molecule has 1 aliphatic heterocycles. The molecule has 0 saturated carbocycles. The lowest BCUT2D eigenvalue weighted by atomic mass is 9.95. The maximum Gasteiger partial charge on any atom is 0.173 e. The Morgan fingerprint density at radius 1 is 1.07 bits per heavy atom. The number of methoxy groups -OCH3 is 1. The highest BCUT2D eigenvalue weighted by atomic mass is 35.5. The first kappa shape index (κ1) is 19.9. The van der Waals surface area contributed by atoms with Crippen LogP contribution in [0.4, 0.5) is 0 Å². The molecule has 6 nitrogen and oxygen atoms in total. The molecule has 2 heterocycles. The van der Waals surface area contributed by atoms with Crippen molar-refractivity contribution in [2.75, 3.05) is 20.2 Å². The Balaban J connectivity index is 1.65. The second-order valence-electron chi connectivity index (χ2n) is 7.72. The second kappa shape index (κ2) is 8.93. The van der Waals surface area contributed by atoms with Crippen LogP contribution < -0.4 is 4.74 Å². The van der Waals surface area contributed by atoms with Crippen molar-refractivity contribution >= 4 is 11.6 Å². The number of rotatable bonds is 6. The van der Waals surface area contributed by atoms with E-state index in [-0.39, 0.29) is 6.04 Å². The minimum atomic E-state index is 0.00742. The minimum absolute atomic E-state index is 0.00742. The Morgan fingerprint density at radius 3 is 2.41 bits per heavy atom. The third kappa shape index (κ3) is 4.60. The number of hydrogen-bond donors (Lipinski definition) is 0. The van der Waals surface area contributed by atoms with E-state index in [1.807, 2.05) is 41.1 Å². The average Bonchev–Trinajstić information content (AvgIpc) is 3.19. The molecule has 152 valence electrons. The highest BCUT2D eigenvalue weighted by Crippen LogP contribution is 2.32. The summed E-state index contributed by atoms with van der Waals surface area (Å²) in [5.74, 6) is 2.46.